The number of carboxylic acid groups (broad SMARTS) is 1. The van der Waals surface area contributed by atoms with Gasteiger partial charge in [-0.1, -0.05) is 0 Å². The molecule has 1 saturated heterocycles. The number of carboxylic acids is 1. The van der Waals surface area contributed by atoms with Crippen LogP contribution in [0.2, 0.25) is 0 Å². The van der Waals surface area contributed by atoms with Gasteiger partial charge < -0.3 is 20.8 Å². The second kappa shape index (κ2) is 4.62. The Morgan fingerprint density at radius 1 is 1.41 bits per heavy atom. The minimum absolute atomic E-state index is 0.0713. The standard InChI is InChI=1S/C11H18N2O4/c14-6-8(10(16)17)13-9(15)7-5-11(7)1-3-12-4-2-11/h7-8,12,14H,1-6H2,(H,13,15)(H,16,17)/t7?,8-/m1/s1. The van der Waals surface area contributed by atoms with Crippen LogP contribution in [0, 0.1) is 11.3 Å². The van der Waals surface area contributed by atoms with Crippen molar-refractivity contribution < 1.29 is 19.8 Å². The summed E-state index contributed by atoms with van der Waals surface area (Å²) in [6.45, 7) is 1.28. The highest BCUT2D eigenvalue weighted by Crippen LogP contribution is 2.58. The van der Waals surface area contributed by atoms with Crippen molar-refractivity contribution in [1.29, 1.82) is 0 Å². The predicted octanol–water partition coefficient (Wildman–Crippen LogP) is -1.06. The number of hydrogen-bond donors (Lipinski definition) is 4. The zero-order valence-electron chi connectivity index (χ0n) is 9.61. The molecule has 2 rings (SSSR count). The van der Waals surface area contributed by atoms with Gasteiger partial charge in [-0.05, 0) is 37.8 Å². The fourth-order valence-corrected chi connectivity index (χ4v) is 2.65. The largest absolute Gasteiger partial charge is 0.480 e. The minimum Gasteiger partial charge on any atom is -0.480 e. The lowest BCUT2D eigenvalue weighted by atomic mass is 9.91. The summed E-state index contributed by atoms with van der Waals surface area (Å²) < 4.78 is 0. The maximum atomic E-state index is 11.8. The number of aliphatic hydroxyl groups excluding tert-OH is 1. The molecule has 2 aliphatic rings. The molecular formula is C11H18N2O4. The molecule has 1 unspecified atom stereocenters. The molecule has 0 radical (unpaired) electrons. The summed E-state index contributed by atoms with van der Waals surface area (Å²) in [5, 5.41) is 23.2. The molecule has 1 heterocycles. The first-order chi connectivity index (χ1) is 8.09. The molecule has 1 aliphatic carbocycles. The summed E-state index contributed by atoms with van der Waals surface area (Å²) in [4.78, 5) is 22.5. The molecule has 0 aromatic carbocycles. The van der Waals surface area contributed by atoms with Crippen LogP contribution in [-0.2, 0) is 9.59 Å². The number of piperidine rings is 1. The average Bonchev–Trinajstić information content (AvgIpc) is 3.00. The van der Waals surface area contributed by atoms with Crippen LogP contribution >= 0.6 is 0 Å². The Morgan fingerprint density at radius 3 is 2.59 bits per heavy atom. The van der Waals surface area contributed by atoms with Crippen LogP contribution in [0.25, 0.3) is 0 Å². The van der Waals surface area contributed by atoms with Crippen molar-refractivity contribution in [2.45, 2.75) is 25.3 Å². The van der Waals surface area contributed by atoms with Gasteiger partial charge in [0.1, 0.15) is 6.04 Å². The van der Waals surface area contributed by atoms with Crippen molar-refractivity contribution in [1.82, 2.24) is 10.6 Å². The minimum atomic E-state index is -1.19. The fraction of sp³-hybridized carbons (Fsp3) is 0.818. The zero-order chi connectivity index (χ0) is 12.5. The topological polar surface area (TPSA) is 98.7 Å². The first-order valence-corrected chi connectivity index (χ1v) is 5.94. The van der Waals surface area contributed by atoms with Crippen molar-refractivity contribution in [2.75, 3.05) is 19.7 Å². The Hall–Kier alpha value is -1.14. The Balaban J connectivity index is 1.88. The first-order valence-electron chi connectivity index (χ1n) is 5.94. The van der Waals surface area contributed by atoms with Gasteiger partial charge >= 0.3 is 5.97 Å². The van der Waals surface area contributed by atoms with Gasteiger partial charge in [-0.25, -0.2) is 4.79 Å². The smallest absolute Gasteiger partial charge is 0.328 e. The molecule has 2 fully saturated rings. The van der Waals surface area contributed by atoms with E-state index in [1.165, 1.54) is 0 Å². The number of carbonyl (C=O) groups is 2. The van der Waals surface area contributed by atoms with Gasteiger partial charge in [0, 0.05) is 5.92 Å². The maximum Gasteiger partial charge on any atom is 0.328 e. The van der Waals surface area contributed by atoms with E-state index < -0.39 is 18.6 Å². The van der Waals surface area contributed by atoms with Gasteiger partial charge in [-0.15, -0.1) is 0 Å². The van der Waals surface area contributed by atoms with Crippen molar-refractivity contribution >= 4 is 11.9 Å². The van der Waals surface area contributed by atoms with E-state index in [9.17, 15) is 9.59 Å². The number of rotatable bonds is 4. The number of nitrogens with one attached hydrogen (secondary N) is 2. The van der Waals surface area contributed by atoms with Crippen molar-refractivity contribution in [2.24, 2.45) is 11.3 Å². The fourth-order valence-electron chi connectivity index (χ4n) is 2.65. The third-order valence-electron chi connectivity index (χ3n) is 3.90. The van der Waals surface area contributed by atoms with E-state index in [1.807, 2.05) is 0 Å². The average molecular weight is 242 g/mol. The van der Waals surface area contributed by atoms with Crippen LogP contribution in [-0.4, -0.2) is 47.8 Å². The van der Waals surface area contributed by atoms with Crippen LogP contribution < -0.4 is 10.6 Å². The van der Waals surface area contributed by atoms with E-state index in [0.717, 1.165) is 32.4 Å². The molecule has 0 aromatic heterocycles. The molecule has 2 atom stereocenters. The SMILES string of the molecule is O=C(N[C@H](CO)C(=O)O)C1CC12CCNCC2. The third-order valence-corrected chi connectivity index (χ3v) is 3.90. The number of aliphatic carboxylic acids is 1. The first kappa shape index (κ1) is 12.3. The maximum absolute atomic E-state index is 11.8. The molecule has 4 N–H and O–H groups in total. The Morgan fingerprint density at radius 2 is 2.06 bits per heavy atom. The monoisotopic (exact) mass is 242 g/mol. The molecule has 17 heavy (non-hydrogen) atoms. The molecule has 1 saturated carbocycles. The molecular weight excluding hydrogens is 224 g/mol. The number of carbonyl (C=O) groups excluding carboxylic acids is 1. The van der Waals surface area contributed by atoms with Gasteiger partial charge in [0.15, 0.2) is 0 Å². The molecule has 6 nitrogen and oxygen atoms in total. The lowest BCUT2D eigenvalue weighted by Gasteiger charge is -2.23. The lowest BCUT2D eigenvalue weighted by Crippen LogP contribution is -2.45. The Labute approximate surface area is 99.4 Å². The van der Waals surface area contributed by atoms with Crippen LogP contribution in [0.15, 0.2) is 0 Å². The summed E-state index contributed by atoms with van der Waals surface area (Å²) in [6, 6.07) is -1.18. The molecule has 96 valence electrons. The summed E-state index contributed by atoms with van der Waals surface area (Å²) in [5.41, 5.74) is 0.0911. The third kappa shape index (κ3) is 2.42. The molecule has 0 bridgehead atoms. The van der Waals surface area contributed by atoms with Crippen molar-refractivity contribution in [3.05, 3.63) is 0 Å². The number of hydrogen-bond acceptors (Lipinski definition) is 4. The quantitative estimate of drug-likeness (QED) is 0.503. The van der Waals surface area contributed by atoms with E-state index in [2.05, 4.69) is 10.6 Å². The number of aliphatic hydroxyl groups is 1. The Kier molecular flexibility index (Phi) is 3.35. The van der Waals surface area contributed by atoms with Crippen LogP contribution in [0.3, 0.4) is 0 Å². The molecule has 0 aromatic rings. The highest BCUT2D eigenvalue weighted by molar-refractivity contribution is 5.87. The van der Waals surface area contributed by atoms with Gasteiger partial charge in [-0.3, -0.25) is 4.79 Å². The second-order valence-electron chi connectivity index (χ2n) is 4.95. The van der Waals surface area contributed by atoms with Crippen LogP contribution in [0.4, 0.5) is 0 Å². The van der Waals surface area contributed by atoms with E-state index in [1.54, 1.807) is 0 Å². The number of amides is 1. The van der Waals surface area contributed by atoms with E-state index in [4.69, 9.17) is 10.2 Å². The summed E-state index contributed by atoms with van der Waals surface area (Å²) in [5.74, 6) is -1.49. The Bertz CT molecular complexity index is 325. The second-order valence-corrected chi connectivity index (χ2v) is 4.95. The van der Waals surface area contributed by atoms with E-state index >= 15 is 0 Å². The van der Waals surface area contributed by atoms with E-state index in [0.29, 0.717) is 0 Å². The molecule has 1 aliphatic heterocycles. The highest BCUT2D eigenvalue weighted by atomic mass is 16.4. The molecule has 6 heteroatoms. The van der Waals surface area contributed by atoms with Crippen LogP contribution in [0.1, 0.15) is 19.3 Å². The predicted molar refractivity (Wildman–Crippen MR) is 59.3 cm³/mol. The molecule has 1 spiro atoms. The van der Waals surface area contributed by atoms with Gasteiger partial charge in [0.25, 0.3) is 0 Å². The van der Waals surface area contributed by atoms with Gasteiger partial charge in [0.05, 0.1) is 6.61 Å². The normalized spacial score (nSPS) is 27.5. The zero-order valence-corrected chi connectivity index (χ0v) is 9.61. The summed E-state index contributed by atoms with van der Waals surface area (Å²) in [6.07, 6.45) is 2.79. The van der Waals surface area contributed by atoms with Crippen LogP contribution in [0.5, 0.6) is 0 Å². The van der Waals surface area contributed by atoms with Crippen molar-refractivity contribution in [3.8, 4) is 0 Å². The van der Waals surface area contributed by atoms with Crippen molar-refractivity contribution in [3.63, 3.8) is 0 Å². The van der Waals surface area contributed by atoms with E-state index in [-0.39, 0.29) is 17.2 Å². The molecule has 1 amide bonds. The summed E-state index contributed by atoms with van der Waals surface area (Å²) >= 11 is 0. The van der Waals surface area contributed by atoms with Gasteiger partial charge in [0.2, 0.25) is 5.91 Å². The van der Waals surface area contributed by atoms with Gasteiger partial charge in [-0.2, -0.15) is 0 Å². The highest BCUT2D eigenvalue weighted by Gasteiger charge is 2.57. The summed E-state index contributed by atoms with van der Waals surface area (Å²) in [7, 11) is 0. The lowest BCUT2D eigenvalue weighted by molar-refractivity contribution is -0.143.